The highest BCUT2D eigenvalue weighted by Gasteiger charge is 2.28. The molecule has 3 N–H and O–H groups in total. The van der Waals surface area contributed by atoms with E-state index < -0.39 is 0 Å². The summed E-state index contributed by atoms with van der Waals surface area (Å²) in [6, 6.07) is 14.0. The minimum atomic E-state index is -0.0595. The number of amides is 1. The number of nitrogens with one attached hydrogen (secondary N) is 1. The summed E-state index contributed by atoms with van der Waals surface area (Å²) in [4.78, 5) is 12.3. The molecule has 1 aliphatic carbocycles. The molecule has 0 aliphatic heterocycles. The average molecular weight is 320 g/mol. The first-order valence-electron chi connectivity index (χ1n) is 7.41. The maximum Gasteiger partial charge on any atom is 0.267 e. The van der Waals surface area contributed by atoms with Gasteiger partial charge in [-0.15, -0.1) is 12.4 Å². The first-order chi connectivity index (χ1) is 10.2. The maximum atomic E-state index is 12.3. The number of carbonyl (C=O) groups is 1. The summed E-state index contributed by atoms with van der Waals surface area (Å²) in [6.07, 6.45) is 2.39. The second-order valence-corrected chi connectivity index (χ2v) is 5.74. The standard InChI is InChI=1S/C17H21N3O.ClH/c1-20-15(13-5-3-2-4-6-13)9-10-16(20)17(21)19-11-14(18)12-7-8-12;/h2-6,9-10,12,14H,7-8,11,18H2,1H3,(H,19,21);1H. The van der Waals surface area contributed by atoms with Crippen LogP contribution in [0.4, 0.5) is 0 Å². The summed E-state index contributed by atoms with van der Waals surface area (Å²) >= 11 is 0. The zero-order valence-electron chi connectivity index (χ0n) is 12.7. The number of nitrogens with two attached hydrogens (primary N) is 1. The number of hydrogen-bond acceptors (Lipinski definition) is 2. The van der Waals surface area contributed by atoms with E-state index in [1.54, 1.807) is 0 Å². The van der Waals surface area contributed by atoms with E-state index in [1.165, 1.54) is 12.8 Å². The molecule has 1 atom stereocenters. The summed E-state index contributed by atoms with van der Waals surface area (Å²) in [7, 11) is 1.91. The molecule has 1 unspecified atom stereocenters. The zero-order valence-corrected chi connectivity index (χ0v) is 13.5. The van der Waals surface area contributed by atoms with E-state index in [4.69, 9.17) is 5.73 Å². The van der Waals surface area contributed by atoms with E-state index in [0.717, 1.165) is 11.3 Å². The first-order valence-corrected chi connectivity index (χ1v) is 7.41. The quantitative estimate of drug-likeness (QED) is 0.890. The lowest BCUT2D eigenvalue weighted by Crippen LogP contribution is -2.39. The highest BCUT2D eigenvalue weighted by atomic mass is 35.5. The molecule has 0 saturated heterocycles. The lowest BCUT2D eigenvalue weighted by Gasteiger charge is -2.12. The van der Waals surface area contributed by atoms with Gasteiger partial charge in [-0.3, -0.25) is 4.79 Å². The van der Waals surface area contributed by atoms with Crippen LogP contribution in [0.15, 0.2) is 42.5 Å². The van der Waals surface area contributed by atoms with E-state index in [-0.39, 0.29) is 24.4 Å². The highest BCUT2D eigenvalue weighted by Crippen LogP contribution is 2.31. The van der Waals surface area contributed by atoms with E-state index in [2.05, 4.69) is 5.32 Å². The molecule has 1 amide bonds. The van der Waals surface area contributed by atoms with Gasteiger partial charge in [0, 0.05) is 25.3 Å². The number of carbonyl (C=O) groups excluding carboxylic acids is 1. The predicted octanol–water partition coefficient (Wildman–Crippen LogP) is 2.58. The van der Waals surface area contributed by atoms with Crippen molar-refractivity contribution in [3.63, 3.8) is 0 Å². The van der Waals surface area contributed by atoms with Crippen LogP contribution >= 0.6 is 12.4 Å². The van der Waals surface area contributed by atoms with E-state index in [9.17, 15) is 4.79 Å². The third-order valence-corrected chi connectivity index (χ3v) is 4.15. The van der Waals surface area contributed by atoms with Gasteiger partial charge in [0.2, 0.25) is 0 Å². The second-order valence-electron chi connectivity index (χ2n) is 5.74. The van der Waals surface area contributed by atoms with Crippen molar-refractivity contribution in [3.05, 3.63) is 48.2 Å². The Kier molecular flexibility index (Phi) is 5.27. The Morgan fingerprint density at radius 1 is 1.27 bits per heavy atom. The first kappa shape index (κ1) is 16.6. The molecule has 3 rings (SSSR count). The van der Waals surface area contributed by atoms with Gasteiger partial charge >= 0.3 is 0 Å². The molecule has 4 nitrogen and oxygen atoms in total. The van der Waals surface area contributed by atoms with E-state index in [0.29, 0.717) is 18.2 Å². The highest BCUT2D eigenvalue weighted by molar-refractivity contribution is 5.93. The van der Waals surface area contributed by atoms with Crippen molar-refractivity contribution < 1.29 is 4.79 Å². The molecule has 5 heteroatoms. The topological polar surface area (TPSA) is 60.0 Å². The Morgan fingerprint density at radius 3 is 2.59 bits per heavy atom. The summed E-state index contributed by atoms with van der Waals surface area (Å²) in [5.41, 5.74) is 8.82. The van der Waals surface area contributed by atoms with E-state index >= 15 is 0 Å². The van der Waals surface area contributed by atoms with Crippen molar-refractivity contribution in [2.45, 2.75) is 18.9 Å². The van der Waals surface area contributed by atoms with Crippen LogP contribution in [0.1, 0.15) is 23.3 Å². The Morgan fingerprint density at radius 2 is 1.95 bits per heavy atom. The van der Waals surface area contributed by atoms with E-state index in [1.807, 2.05) is 54.1 Å². The predicted molar refractivity (Wildman–Crippen MR) is 91.1 cm³/mol. The number of hydrogen-bond donors (Lipinski definition) is 2. The molecule has 1 saturated carbocycles. The molecular formula is C17H22ClN3O. The monoisotopic (exact) mass is 319 g/mol. The third kappa shape index (κ3) is 3.51. The molecule has 118 valence electrons. The van der Waals surface area contributed by atoms with Crippen LogP contribution in [0.25, 0.3) is 11.3 Å². The van der Waals surface area contributed by atoms with Crippen LogP contribution in [0.2, 0.25) is 0 Å². The van der Waals surface area contributed by atoms with Crippen molar-refractivity contribution in [3.8, 4) is 11.3 Å². The van der Waals surface area contributed by atoms with Gasteiger partial charge < -0.3 is 15.6 Å². The van der Waals surface area contributed by atoms with Gasteiger partial charge in [0.1, 0.15) is 5.69 Å². The van der Waals surface area contributed by atoms with Gasteiger partial charge in [0.15, 0.2) is 0 Å². The molecule has 1 aromatic heterocycles. The fourth-order valence-electron chi connectivity index (χ4n) is 2.63. The van der Waals surface area contributed by atoms with Crippen LogP contribution in [-0.4, -0.2) is 23.1 Å². The Balaban J connectivity index is 0.00000176. The Labute approximate surface area is 137 Å². The summed E-state index contributed by atoms with van der Waals surface area (Å²) in [5.74, 6) is 0.536. The second kappa shape index (κ2) is 6.99. The molecule has 22 heavy (non-hydrogen) atoms. The van der Waals surface area contributed by atoms with Crippen molar-refractivity contribution in [2.24, 2.45) is 18.7 Å². The number of aromatic nitrogens is 1. The van der Waals surface area contributed by atoms with Crippen molar-refractivity contribution in [1.82, 2.24) is 9.88 Å². The molecule has 1 heterocycles. The molecular weight excluding hydrogens is 298 g/mol. The van der Waals surface area contributed by atoms with Crippen molar-refractivity contribution in [1.29, 1.82) is 0 Å². The number of nitrogens with zero attached hydrogens (tertiary/aromatic N) is 1. The molecule has 1 aliphatic rings. The number of halogens is 1. The number of rotatable bonds is 5. The van der Waals surface area contributed by atoms with Crippen LogP contribution in [0.5, 0.6) is 0 Å². The molecule has 1 fully saturated rings. The Hall–Kier alpha value is -1.78. The Bertz CT molecular complexity index is 635. The normalized spacial score (nSPS) is 15.0. The molecule has 0 spiro atoms. The van der Waals surface area contributed by atoms with Crippen molar-refractivity contribution in [2.75, 3.05) is 6.54 Å². The minimum absolute atomic E-state index is 0. The minimum Gasteiger partial charge on any atom is -0.349 e. The zero-order chi connectivity index (χ0) is 14.8. The lowest BCUT2D eigenvalue weighted by atomic mass is 10.2. The van der Waals surface area contributed by atoms with Gasteiger partial charge in [-0.05, 0) is 36.5 Å². The van der Waals surface area contributed by atoms with Crippen LogP contribution in [-0.2, 0) is 7.05 Å². The third-order valence-electron chi connectivity index (χ3n) is 4.15. The van der Waals surface area contributed by atoms with Gasteiger partial charge in [-0.25, -0.2) is 0 Å². The lowest BCUT2D eigenvalue weighted by molar-refractivity contribution is 0.0942. The van der Waals surface area contributed by atoms with Gasteiger partial charge in [-0.1, -0.05) is 30.3 Å². The van der Waals surface area contributed by atoms with Gasteiger partial charge in [0.25, 0.3) is 5.91 Å². The van der Waals surface area contributed by atoms with Gasteiger partial charge in [-0.2, -0.15) is 0 Å². The summed E-state index contributed by atoms with van der Waals surface area (Å²) in [5, 5.41) is 2.94. The largest absolute Gasteiger partial charge is 0.349 e. The summed E-state index contributed by atoms with van der Waals surface area (Å²) in [6.45, 7) is 0.551. The molecule has 0 radical (unpaired) electrons. The van der Waals surface area contributed by atoms with Crippen LogP contribution < -0.4 is 11.1 Å². The molecule has 0 bridgehead atoms. The number of benzene rings is 1. The average Bonchev–Trinajstić information content (AvgIpc) is 3.28. The van der Waals surface area contributed by atoms with Crippen LogP contribution in [0.3, 0.4) is 0 Å². The maximum absolute atomic E-state index is 12.3. The fraction of sp³-hybridized carbons (Fsp3) is 0.353. The SMILES string of the molecule is Cl.Cn1c(C(=O)NCC(N)C2CC2)ccc1-c1ccccc1. The summed E-state index contributed by atoms with van der Waals surface area (Å²) < 4.78 is 1.92. The van der Waals surface area contributed by atoms with Crippen molar-refractivity contribution >= 4 is 18.3 Å². The molecule has 1 aromatic carbocycles. The fourth-order valence-corrected chi connectivity index (χ4v) is 2.63. The van der Waals surface area contributed by atoms with Crippen LogP contribution in [0, 0.1) is 5.92 Å². The molecule has 2 aromatic rings. The smallest absolute Gasteiger partial charge is 0.267 e. The van der Waals surface area contributed by atoms with Gasteiger partial charge in [0.05, 0.1) is 0 Å².